The quantitative estimate of drug-likeness (QED) is 0.169. The molecule has 0 amide bonds. The lowest BCUT2D eigenvalue weighted by Gasteiger charge is -2.48. The summed E-state index contributed by atoms with van der Waals surface area (Å²) in [5.74, 6) is 2.08. The molecule has 0 bridgehead atoms. The molecule has 2 fully saturated rings. The summed E-state index contributed by atoms with van der Waals surface area (Å²) in [4.78, 5) is 2.58. The fourth-order valence-electron chi connectivity index (χ4n) is 11.8. The molecule has 0 aromatic heterocycles. The van der Waals surface area contributed by atoms with Crippen molar-refractivity contribution in [3.63, 3.8) is 0 Å². The predicted octanol–water partition coefficient (Wildman–Crippen LogP) is 14.6. The van der Waals surface area contributed by atoms with Crippen molar-refractivity contribution in [1.29, 1.82) is 0 Å². The van der Waals surface area contributed by atoms with Crippen LogP contribution < -0.4 is 10.2 Å². The first-order chi connectivity index (χ1) is 29.9. The summed E-state index contributed by atoms with van der Waals surface area (Å²) in [7, 11) is 0. The lowest BCUT2D eigenvalue weighted by Crippen LogP contribution is -2.47. The van der Waals surface area contributed by atoms with Crippen LogP contribution in [0.3, 0.4) is 0 Å². The van der Waals surface area contributed by atoms with Gasteiger partial charge in [-0.15, -0.1) is 0 Å². The first-order valence-corrected chi connectivity index (χ1v) is 22.2. The number of hydrogen-bond acceptors (Lipinski definition) is 2. The second-order valence-corrected chi connectivity index (χ2v) is 18.6. The van der Waals surface area contributed by atoms with Gasteiger partial charge in [0.05, 0.1) is 18.1 Å². The van der Waals surface area contributed by atoms with Crippen LogP contribution in [-0.2, 0) is 5.41 Å². The lowest BCUT2D eigenvalue weighted by atomic mass is 9.78. The maximum Gasteiger partial charge on any atom is 0.0759 e. The highest BCUT2D eigenvalue weighted by Gasteiger charge is 2.58. The minimum absolute atomic E-state index is 0.117. The van der Waals surface area contributed by atoms with Gasteiger partial charge in [0.2, 0.25) is 0 Å². The third-order valence-electron chi connectivity index (χ3n) is 14.9. The highest BCUT2D eigenvalue weighted by atomic mass is 15.2. The molecule has 0 spiro atoms. The van der Waals surface area contributed by atoms with Crippen molar-refractivity contribution in [2.24, 2.45) is 11.8 Å². The van der Waals surface area contributed by atoms with E-state index in [0.29, 0.717) is 29.7 Å². The summed E-state index contributed by atoms with van der Waals surface area (Å²) in [6.45, 7) is 9.46. The molecule has 7 aromatic carbocycles. The molecule has 1 saturated heterocycles. The smallest absolute Gasteiger partial charge is 0.0759 e. The van der Waals surface area contributed by atoms with Gasteiger partial charge in [-0.3, -0.25) is 0 Å². The van der Waals surface area contributed by atoms with Crippen LogP contribution in [0.2, 0.25) is 0 Å². The fourth-order valence-corrected chi connectivity index (χ4v) is 11.8. The molecule has 6 unspecified atom stereocenters. The number of anilines is 2. The van der Waals surface area contributed by atoms with E-state index < -0.39 is 0 Å². The summed E-state index contributed by atoms with van der Waals surface area (Å²) in [5, 5.41) is 3.96. The van der Waals surface area contributed by atoms with Crippen molar-refractivity contribution in [3.8, 4) is 33.4 Å². The Morgan fingerprint density at radius 1 is 0.557 bits per heavy atom. The number of nitrogens with one attached hydrogen (secondary N) is 1. The van der Waals surface area contributed by atoms with Crippen LogP contribution in [0.4, 0.5) is 11.4 Å². The molecule has 2 heterocycles. The summed E-state index contributed by atoms with van der Waals surface area (Å²) < 4.78 is 0. The predicted molar refractivity (Wildman–Crippen MR) is 254 cm³/mol. The Kier molecular flexibility index (Phi) is 8.29. The molecule has 2 heteroatoms. The Balaban J connectivity index is 0.808. The molecular weight excluding hydrogens is 737 g/mol. The number of fused-ring (bicyclic) bond motifs is 7. The van der Waals surface area contributed by atoms with E-state index in [-0.39, 0.29) is 17.5 Å². The number of nitrogens with zero attached hydrogens (tertiary/aromatic N) is 1. The van der Waals surface area contributed by atoms with E-state index in [2.05, 4.69) is 225 Å². The number of hydrogen-bond donors (Lipinski definition) is 1. The molecule has 3 aliphatic carbocycles. The second-order valence-electron chi connectivity index (χ2n) is 18.6. The van der Waals surface area contributed by atoms with E-state index in [9.17, 15) is 0 Å². The van der Waals surface area contributed by atoms with Gasteiger partial charge in [-0.25, -0.2) is 0 Å². The number of benzene rings is 7. The third-order valence-corrected chi connectivity index (χ3v) is 14.9. The minimum Gasteiger partial charge on any atom is -0.378 e. The van der Waals surface area contributed by atoms with Gasteiger partial charge < -0.3 is 10.2 Å². The second kappa shape index (κ2) is 14.0. The maximum absolute atomic E-state index is 4.66. The highest BCUT2D eigenvalue weighted by Crippen LogP contribution is 2.69. The van der Waals surface area contributed by atoms with Crippen molar-refractivity contribution in [3.05, 3.63) is 240 Å². The third kappa shape index (κ3) is 5.83. The van der Waals surface area contributed by atoms with Crippen molar-refractivity contribution in [1.82, 2.24) is 0 Å². The topological polar surface area (TPSA) is 15.3 Å². The zero-order valence-electron chi connectivity index (χ0n) is 34.9. The van der Waals surface area contributed by atoms with Gasteiger partial charge in [-0.05, 0) is 127 Å². The summed E-state index contributed by atoms with van der Waals surface area (Å²) >= 11 is 0. The van der Waals surface area contributed by atoms with E-state index in [1.807, 2.05) is 0 Å². The number of allylic oxidation sites excluding steroid dienone is 2. The van der Waals surface area contributed by atoms with Gasteiger partial charge in [-0.1, -0.05) is 184 Å². The Hall–Kier alpha value is -6.64. The van der Waals surface area contributed by atoms with Gasteiger partial charge in [0, 0.05) is 22.7 Å². The summed E-state index contributed by atoms with van der Waals surface area (Å²) in [6.07, 6.45) is 10.1. The standard InChI is InChI=1S/C59H50N2/c1-37-34-45-16-10-13-21-53(45)61(46-17-8-5-9-18-46)58(37)42-28-24-39(25-29-42)44-31-33-48-47-32-30-43(35-50(47)59(2,3)51(48)36-44)38-22-26-41(27-23-38)57-56-54(40-14-6-4-7-15-40)55(56)49-19-11-12-20-52(49)60-57/h4-33,35-36,45,53-58,60H,1,34H2,2-3H3/t45?,53?,54-,55?,56?,57?,58?/m1/s1. The van der Waals surface area contributed by atoms with Gasteiger partial charge in [0.15, 0.2) is 0 Å². The average molecular weight is 787 g/mol. The maximum atomic E-state index is 4.66. The number of para-hydroxylation sites is 2. The van der Waals surface area contributed by atoms with E-state index in [0.717, 1.165) is 6.42 Å². The van der Waals surface area contributed by atoms with Crippen molar-refractivity contribution < 1.29 is 0 Å². The molecule has 12 rings (SSSR count). The molecule has 7 aromatic rings. The average Bonchev–Trinajstić information content (AvgIpc) is 4.03. The Labute approximate surface area is 360 Å². The van der Waals surface area contributed by atoms with E-state index in [1.165, 1.54) is 83.7 Å². The number of piperidine rings is 1. The molecule has 0 radical (unpaired) electrons. The molecule has 296 valence electrons. The van der Waals surface area contributed by atoms with Gasteiger partial charge in [0.25, 0.3) is 0 Å². The normalized spacial score (nSPS) is 24.8. The van der Waals surface area contributed by atoms with E-state index in [1.54, 1.807) is 0 Å². The Morgan fingerprint density at radius 2 is 1.13 bits per heavy atom. The van der Waals surface area contributed by atoms with Crippen LogP contribution in [0.1, 0.15) is 77.6 Å². The first-order valence-electron chi connectivity index (χ1n) is 22.2. The van der Waals surface area contributed by atoms with Crippen molar-refractivity contribution in [2.75, 3.05) is 10.2 Å². The largest absolute Gasteiger partial charge is 0.378 e. The van der Waals surface area contributed by atoms with Gasteiger partial charge >= 0.3 is 0 Å². The van der Waals surface area contributed by atoms with Gasteiger partial charge in [-0.2, -0.15) is 0 Å². The molecule has 5 aliphatic rings. The molecule has 61 heavy (non-hydrogen) atoms. The molecule has 1 saturated carbocycles. The van der Waals surface area contributed by atoms with Crippen LogP contribution in [0.25, 0.3) is 33.4 Å². The molecule has 7 atom stereocenters. The zero-order valence-corrected chi connectivity index (χ0v) is 34.9. The van der Waals surface area contributed by atoms with E-state index in [4.69, 9.17) is 0 Å². The monoisotopic (exact) mass is 786 g/mol. The highest BCUT2D eigenvalue weighted by molar-refractivity contribution is 5.86. The Bertz CT molecular complexity index is 2880. The van der Waals surface area contributed by atoms with Crippen molar-refractivity contribution in [2.45, 2.75) is 55.6 Å². The van der Waals surface area contributed by atoms with E-state index >= 15 is 0 Å². The Morgan fingerprint density at radius 3 is 1.80 bits per heavy atom. The zero-order chi connectivity index (χ0) is 40.8. The van der Waals surface area contributed by atoms with Gasteiger partial charge in [0.1, 0.15) is 0 Å². The summed E-state index contributed by atoms with van der Waals surface area (Å²) in [5.41, 5.74) is 19.8. The molecule has 2 nitrogen and oxygen atoms in total. The number of rotatable bonds is 6. The SMILES string of the molecule is C=C1CC2C=CC=CC2N(c2ccccc2)C1c1ccc(-c2ccc3c(c2)C(C)(C)c2cc(-c4ccc(C5Nc6ccccc6C6C5[C@@H]6c5ccccc5)cc4)ccc2-3)cc1. The van der Waals surface area contributed by atoms with Crippen LogP contribution in [-0.4, -0.2) is 6.04 Å². The van der Waals surface area contributed by atoms with Crippen LogP contribution >= 0.6 is 0 Å². The first kappa shape index (κ1) is 36.2. The fraction of sp³-hybridized carbons (Fsp3) is 0.186. The van der Waals surface area contributed by atoms with Crippen LogP contribution in [0, 0.1) is 11.8 Å². The van der Waals surface area contributed by atoms with Crippen LogP contribution in [0.5, 0.6) is 0 Å². The summed E-state index contributed by atoms with van der Waals surface area (Å²) in [6, 6.07) is 64.6. The lowest BCUT2D eigenvalue weighted by molar-refractivity contribution is 0.431. The van der Waals surface area contributed by atoms with Crippen molar-refractivity contribution >= 4 is 11.4 Å². The molecule has 2 aliphatic heterocycles. The molecular formula is C59H50N2. The molecule has 1 N–H and O–H groups in total. The van der Waals surface area contributed by atoms with Crippen LogP contribution in [0.15, 0.2) is 206 Å². The minimum atomic E-state index is -0.127.